The van der Waals surface area contributed by atoms with Crippen LogP contribution in [-0.2, 0) is 9.59 Å². The molecule has 2 aliphatic rings. The summed E-state index contributed by atoms with van der Waals surface area (Å²) in [5.74, 6) is -1.28. The van der Waals surface area contributed by atoms with Crippen LogP contribution in [0.4, 0.5) is 4.79 Å². The van der Waals surface area contributed by atoms with Crippen molar-refractivity contribution in [2.75, 3.05) is 0 Å². The Morgan fingerprint density at radius 3 is 2.67 bits per heavy atom. The molecule has 2 rings (SSSR count). The summed E-state index contributed by atoms with van der Waals surface area (Å²) in [6, 6.07) is -0.692. The van der Waals surface area contributed by atoms with Crippen LogP contribution in [0.1, 0.15) is 6.92 Å². The summed E-state index contributed by atoms with van der Waals surface area (Å²) in [5, 5.41) is 9.39. The molecule has 2 aliphatic heterocycles. The van der Waals surface area contributed by atoms with Gasteiger partial charge < -0.3 is 5.11 Å². The van der Waals surface area contributed by atoms with Crippen molar-refractivity contribution in [2.24, 2.45) is 15.0 Å². The molecule has 15 heavy (non-hydrogen) atoms. The molecule has 0 saturated carbocycles. The predicted octanol–water partition coefficient (Wildman–Crippen LogP) is -0.792. The van der Waals surface area contributed by atoms with Crippen molar-refractivity contribution >= 4 is 35.8 Å². The highest BCUT2D eigenvalue weighted by Gasteiger charge is 2.27. The van der Waals surface area contributed by atoms with Gasteiger partial charge in [0.25, 0.3) is 11.9 Å². The number of fused-ring (bicyclic) bond motifs is 1. The van der Waals surface area contributed by atoms with Gasteiger partial charge in [-0.25, -0.2) is 14.8 Å². The van der Waals surface area contributed by atoms with Gasteiger partial charge in [0.05, 0.1) is 0 Å². The number of carboxylic acid groups (broad SMARTS) is 1. The van der Waals surface area contributed by atoms with E-state index in [0.717, 1.165) is 6.92 Å². The number of carbonyl (C=O) groups excluding carboxylic acids is 2. The normalized spacial score (nSPS) is 16.9. The number of hydrogen-bond donors (Lipinski definition) is 2. The maximum Gasteiger partial charge on any atom is 0.350 e. The van der Waals surface area contributed by atoms with Crippen LogP contribution in [0.25, 0.3) is 0 Å². The molecular formula is C7H6N4O4. The van der Waals surface area contributed by atoms with Crippen molar-refractivity contribution in [2.45, 2.75) is 6.92 Å². The smallest absolute Gasteiger partial charge is 0.350 e. The molecule has 0 spiro atoms. The Hall–Kier alpha value is -2.38. The minimum absolute atomic E-state index is 0.0961. The third-order valence-electron chi connectivity index (χ3n) is 1.22. The highest BCUT2D eigenvalue weighted by atomic mass is 16.4. The van der Waals surface area contributed by atoms with Gasteiger partial charge in [0.2, 0.25) is 0 Å². The maximum absolute atomic E-state index is 10.9. The molecule has 0 fully saturated rings. The molecule has 0 aromatic carbocycles. The van der Waals surface area contributed by atoms with E-state index in [4.69, 9.17) is 9.90 Å². The first-order valence-corrected chi connectivity index (χ1v) is 3.75. The van der Waals surface area contributed by atoms with Crippen LogP contribution in [0.5, 0.6) is 0 Å². The fourth-order valence-corrected chi connectivity index (χ4v) is 0.783. The first kappa shape index (κ1) is 10.7. The first-order valence-electron chi connectivity index (χ1n) is 3.75. The highest BCUT2D eigenvalue weighted by molar-refractivity contribution is 6.71. The zero-order chi connectivity index (χ0) is 11.4. The van der Waals surface area contributed by atoms with Crippen molar-refractivity contribution in [1.82, 2.24) is 5.32 Å². The number of imide groups is 1. The second-order valence-corrected chi connectivity index (χ2v) is 2.44. The predicted molar refractivity (Wildman–Crippen MR) is 50.2 cm³/mol. The summed E-state index contributed by atoms with van der Waals surface area (Å²) in [4.78, 5) is 41.0. The van der Waals surface area contributed by atoms with Gasteiger partial charge in [-0.1, -0.05) is 0 Å². The number of urea groups is 1. The lowest BCUT2D eigenvalue weighted by Crippen LogP contribution is -2.41. The number of nitrogens with zero attached hydrogens (tertiary/aromatic N) is 3. The minimum Gasteiger partial charge on any atom is -0.481 e. The van der Waals surface area contributed by atoms with Gasteiger partial charge >= 0.3 is 6.03 Å². The Bertz CT molecular complexity index is 417. The maximum atomic E-state index is 10.9. The zero-order valence-corrected chi connectivity index (χ0v) is 7.59. The van der Waals surface area contributed by atoms with Crippen molar-refractivity contribution < 1.29 is 19.5 Å². The summed E-state index contributed by atoms with van der Waals surface area (Å²) in [5.41, 5.74) is 0.101. The fourth-order valence-electron chi connectivity index (χ4n) is 0.783. The van der Waals surface area contributed by atoms with Crippen LogP contribution in [-0.4, -0.2) is 40.9 Å². The molecule has 8 nitrogen and oxygen atoms in total. The zero-order valence-electron chi connectivity index (χ0n) is 7.59. The van der Waals surface area contributed by atoms with Crippen LogP contribution < -0.4 is 5.32 Å². The molecule has 0 aromatic heterocycles. The quantitative estimate of drug-likeness (QED) is 0.544. The fraction of sp³-hybridized carbons (Fsp3) is 0.143. The van der Waals surface area contributed by atoms with Gasteiger partial charge in [-0.15, -0.1) is 0 Å². The number of aliphatic carboxylic acids is 1. The standard InChI is InChI=1S/C5H2N4O2.C2H4O2/c10-4-2-3(7-1-6-2)8-5(11)9-4;1-2(3)4/h1H,(H,9,10,11);1H3,(H,3,4). The van der Waals surface area contributed by atoms with E-state index in [9.17, 15) is 9.59 Å². The summed E-state index contributed by atoms with van der Waals surface area (Å²) in [7, 11) is 0. The van der Waals surface area contributed by atoms with Gasteiger partial charge in [0, 0.05) is 6.92 Å². The van der Waals surface area contributed by atoms with E-state index in [1.54, 1.807) is 0 Å². The SMILES string of the molecule is CC(=O)O.O=C1N=C2N=CN=C2C(=O)N1. The molecule has 0 radical (unpaired) electrons. The van der Waals surface area contributed by atoms with Gasteiger partial charge in [-0.3, -0.25) is 14.9 Å². The number of rotatable bonds is 0. The van der Waals surface area contributed by atoms with Crippen LogP contribution in [0.2, 0.25) is 0 Å². The van der Waals surface area contributed by atoms with Crippen LogP contribution in [0.15, 0.2) is 15.0 Å². The number of aliphatic imine (C=N–C) groups is 3. The van der Waals surface area contributed by atoms with Crippen LogP contribution in [0.3, 0.4) is 0 Å². The number of nitrogens with one attached hydrogen (secondary N) is 1. The molecule has 0 bridgehead atoms. The largest absolute Gasteiger partial charge is 0.481 e. The van der Waals surface area contributed by atoms with E-state index in [1.807, 2.05) is 5.32 Å². The minimum atomic E-state index is -0.833. The molecule has 2 heterocycles. The van der Waals surface area contributed by atoms with E-state index in [0.29, 0.717) is 0 Å². The molecule has 2 N–H and O–H groups in total. The van der Waals surface area contributed by atoms with E-state index in [2.05, 4.69) is 15.0 Å². The van der Waals surface area contributed by atoms with Gasteiger partial charge in [0.15, 0.2) is 11.5 Å². The molecule has 0 saturated heterocycles. The Morgan fingerprint density at radius 2 is 2.07 bits per heavy atom. The Labute approximate surface area is 83.4 Å². The Morgan fingerprint density at radius 1 is 1.47 bits per heavy atom. The lowest BCUT2D eigenvalue weighted by Gasteiger charge is -2.05. The third-order valence-corrected chi connectivity index (χ3v) is 1.22. The van der Waals surface area contributed by atoms with E-state index in [1.165, 1.54) is 6.34 Å². The number of amidine groups is 1. The molecule has 78 valence electrons. The average molecular weight is 210 g/mol. The monoisotopic (exact) mass is 210 g/mol. The van der Waals surface area contributed by atoms with E-state index in [-0.39, 0.29) is 11.5 Å². The van der Waals surface area contributed by atoms with E-state index < -0.39 is 17.9 Å². The molecule has 0 aliphatic carbocycles. The van der Waals surface area contributed by atoms with Crippen molar-refractivity contribution in [3.05, 3.63) is 0 Å². The number of amides is 3. The van der Waals surface area contributed by atoms with Gasteiger partial charge in [0.1, 0.15) is 6.34 Å². The highest BCUT2D eigenvalue weighted by Crippen LogP contribution is 2.00. The van der Waals surface area contributed by atoms with Crippen molar-refractivity contribution in [3.63, 3.8) is 0 Å². The number of carbonyl (C=O) groups is 3. The van der Waals surface area contributed by atoms with Gasteiger partial charge in [-0.05, 0) is 0 Å². The third kappa shape index (κ3) is 2.79. The summed E-state index contributed by atoms with van der Waals surface area (Å²) < 4.78 is 0. The lowest BCUT2D eigenvalue weighted by atomic mass is 10.3. The summed E-state index contributed by atoms with van der Waals surface area (Å²) in [6.07, 6.45) is 1.19. The molecule has 0 unspecified atom stereocenters. The molecule has 8 heteroatoms. The molecule has 0 aromatic rings. The second kappa shape index (κ2) is 4.22. The Kier molecular flexibility index (Phi) is 3.01. The van der Waals surface area contributed by atoms with Crippen LogP contribution in [0, 0.1) is 0 Å². The Balaban J connectivity index is 0.000000245. The van der Waals surface area contributed by atoms with E-state index >= 15 is 0 Å². The summed E-state index contributed by atoms with van der Waals surface area (Å²) >= 11 is 0. The van der Waals surface area contributed by atoms with Crippen LogP contribution >= 0.6 is 0 Å². The molecule has 3 amide bonds. The number of hydrogen-bond acceptors (Lipinski definition) is 5. The molecule has 0 atom stereocenters. The molecular weight excluding hydrogens is 204 g/mol. The lowest BCUT2D eigenvalue weighted by molar-refractivity contribution is -0.134. The second-order valence-electron chi connectivity index (χ2n) is 2.44. The van der Waals surface area contributed by atoms with Crippen molar-refractivity contribution in [1.29, 1.82) is 0 Å². The number of carboxylic acids is 1. The topological polar surface area (TPSA) is 121 Å². The summed E-state index contributed by atoms with van der Waals surface area (Å²) in [6.45, 7) is 1.08. The van der Waals surface area contributed by atoms with Crippen molar-refractivity contribution in [3.8, 4) is 0 Å². The first-order chi connectivity index (χ1) is 7.00. The van der Waals surface area contributed by atoms with Gasteiger partial charge in [-0.2, -0.15) is 4.99 Å². The average Bonchev–Trinajstić information content (AvgIpc) is 2.50.